The van der Waals surface area contributed by atoms with Crippen molar-refractivity contribution >= 4 is 23.7 Å². The Morgan fingerprint density at radius 2 is 1.97 bits per heavy atom. The highest BCUT2D eigenvalue weighted by molar-refractivity contribution is 6.47. The zero-order chi connectivity index (χ0) is 21.7. The van der Waals surface area contributed by atoms with Crippen LogP contribution in [0.3, 0.4) is 0 Å². The Morgan fingerprint density at radius 3 is 2.55 bits per heavy atom. The van der Waals surface area contributed by atoms with Gasteiger partial charge >= 0.3 is 6.18 Å². The van der Waals surface area contributed by atoms with Gasteiger partial charge in [0, 0.05) is 45.7 Å². The first-order valence-electron chi connectivity index (χ1n) is 9.77. The fourth-order valence-corrected chi connectivity index (χ4v) is 2.68. The fourth-order valence-electron chi connectivity index (χ4n) is 2.68. The van der Waals surface area contributed by atoms with E-state index in [1.165, 1.54) is 19.2 Å². The SMILES string of the molecule is CCCCC(N=CN1CCC[C@@H](N)C1)=NC(=NC)C(/C=C/C=C/C(F)(F)F)=NC. The lowest BCUT2D eigenvalue weighted by atomic mass is 10.1. The second-order valence-corrected chi connectivity index (χ2v) is 6.69. The number of nitrogens with two attached hydrogens (primary N) is 1. The molecule has 0 radical (unpaired) electrons. The Morgan fingerprint density at radius 1 is 1.21 bits per heavy atom. The molecule has 0 aromatic heterocycles. The molecule has 0 aromatic rings. The van der Waals surface area contributed by atoms with Crippen LogP contribution in [-0.2, 0) is 0 Å². The van der Waals surface area contributed by atoms with Crippen molar-refractivity contribution in [3.8, 4) is 0 Å². The normalized spacial score (nSPS) is 20.6. The number of amidine groups is 2. The van der Waals surface area contributed by atoms with E-state index >= 15 is 0 Å². The van der Waals surface area contributed by atoms with E-state index in [0.29, 0.717) is 23.8 Å². The quantitative estimate of drug-likeness (QED) is 0.392. The van der Waals surface area contributed by atoms with Gasteiger partial charge in [-0.15, -0.1) is 0 Å². The first kappa shape index (κ1) is 24.7. The lowest BCUT2D eigenvalue weighted by molar-refractivity contribution is -0.0798. The molecule has 0 bridgehead atoms. The Hall–Kier alpha value is -2.29. The molecular formula is C20H31F3N6. The average Bonchev–Trinajstić information content (AvgIpc) is 2.67. The molecule has 1 fully saturated rings. The number of hydrogen-bond donors (Lipinski definition) is 1. The van der Waals surface area contributed by atoms with Crippen LogP contribution in [0.2, 0.25) is 0 Å². The smallest absolute Gasteiger partial charge is 0.361 e. The maximum Gasteiger partial charge on any atom is 0.409 e. The van der Waals surface area contributed by atoms with Gasteiger partial charge in [0.1, 0.15) is 11.5 Å². The lowest BCUT2D eigenvalue weighted by Crippen LogP contribution is -2.42. The van der Waals surface area contributed by atoms with Crippen molar-refractivity contribution in [1.29, 1.82) is 0 Å². The number of nitrogens with zero attached hydrogens (tertiary/aromatic N) is 5. The van der Waals surface area contributed by atoms with Crippen molar-refractivity contribution in [2.24, 2.45) is 25.7 Å². The zero-order valence-corrected chi connectivity index (χ0v) is 17.4. The van der Waals surface area contributed by atoms with Crippen LogP contribution in [0.25, 0.3) is 0 Å². The van der Waals surface area contributed by atoms with E-state index in [1.807, 2.05) is 0 Å². The first-order valence-corrected chi connectivity index (χ1v) is 9.77. The van der Waals surface area contributed by atoms with E-state index < -0.39 is 6.18 Å². The maximum atomic E-state index is 12.2. The molecule has 1 saturated heterocycles. The monoisotopic (exact) mass is 412 g/mol. The van der Waals surface area contributed by atoms with Gasteiger partial charge < -0.3 is 10.6 Å². The second-order valence-electron chi connectivity index (χ2n) is 6.69. The number of unbranched alkanes of at least 4 members (excludes halogenated alkanes) is 1. The van der Waals surface area contributed by atoms with Crippen LogP contribution < -0.4 is 5.73 Å². The highest BCUT2D eigenvalue weighted by Gasteiger charge is 2.21. The van der Waals surface area contributed by atoms with Gasteiger partial charge in [-0.05, 0) is 25.3 Å². The molecule has 0 spiro atoms. The number of allylic oxidation sites excluding steroid dienone is 3. The fraction of sp³-hybridized carbons (Fsp3) is 0.600. The van der Waals surface area contributed by atoms with Crippen molar-refractivity contribution in [1.82, 2.24) is 4.90 Å². The summed E-state index contributed by atoms with van der Waals surface area (Å²) < 4.78 is 36.6. The molecular weight excluding hydrogens is 381 g/mol. The van der Waals surface area contributed by atoms with Gasteiger partial charge in [0.05, 0.1) is 6.34 Å². The van der Waals surface area contributed by atoms with Crippen molar-refractivity contribution in [3.63, 3.8) is 0 Å². The number of aliphatic imine (C=N–C) groups is 4. The molecule has 9 heteroatoms. The van der Waals surface area contributed by atoms with Crippen molar-refractivity contribution in [2.75, 3.05) is 27.2 Å². The average molecular weight is 413 g/mol. The van der Waals surface area contributed by atoms with E-state index in [2.05, 4.69) is 31.8 Å². The molecule has 1 rings (SSSR count). The summed E-state index contributed by atoms with van der Waals surface area (Å²) in [4.78, 5) is 19.3. The minimum absolute atomic E-state index is 0.146. The molecule has 0 amide bonds. The van der Waals surface area contributed by atoms with Crippen LogP contribution in [0.1, 0.15) is 39.0 Å². The third-order valence-corrected chi connectivity index (χ3v) is 4.18. The third kappa shape index (κ3) is 10.7. The summed E-state index contributed by atoms with van der Waals surface area (Å²) >= 11 is 0. The molecule has 1 aliphatic heterocycles. The number of alkyl halides is 3. The van der Waals surface area contributed by atoms with Gasteiger partial charge in [-0.1, -0.05) is 25.5 Å². The molecule has 0 unspecified atom stereocenters. The summed E-state index contributed by atoms with van der Waals surface area (Å²) in [6.07, 6.45) is 5.80. The molecule has 1 heterocycles. The Labute approximate surface area is 170 Å². The van der Waals surface area contributed by atoms with E-state index in [9.17, 15) is 13.2 Å². The van der Waals surface area contributed by atoms with Gasteiger partial charge in [-0.25, -0.2) is 9.98 Å². The molecule has 1 aliphatic rings. The van der Waals surface area contributed by atoms with E-state index in [0.717, 1.165) is 44.8 Å². The van der Waals surface area contributed by atoms with Gasteiger partial charge in [0.15, 0.2) is 5.84 Å². The van der Waals surface area contributed by atoms with Crippen molar-refractivity contribution in [3.05, 3.63) is 24.3 Å². The predicted octanol–water partition coefficient (Wildman–Crippen LogP) is 3.80. The largest absolute Gasteiger partial charge is 0.409 e. The van der Waals surface area contributed by atoms with Crippen LogP contribution in [0.5, 0.6) is 0 Å². The highest BCUT2D eigenvalue weighted by Crippen LogP contribution is 2.15. The number of likely N-dealkylation sites (tertiary alicyclic amines) is 1. The summed E-state index contributed by atoms with van der Waals surface area (Å²) in [7, 11) is 3.10. The van der Waals surface area contributed by atoms with Crippen LogP contribution in [0.15, 0.2) is 44.3 Å². The second kappa shape index (κ2) is 13.0. The Kier molecular flexibility index (Phi) is 11.1. The maximum absolute atomic E-state index is 12.2. The van der Waals surface area contributed by atoms with Crippen LogP contribution in [0, 0.1) is 0 Å². The molecule has 29 heavy (non-hydrogen) atoms. The van der Waals surface area contributed by atoms with E-state index in [4.69, 9.17) is 5.73 Å². The van der Waals surface area contributed by atoms with E-state index in [-0.39, 0.29) is 12.1 Å². The van der Waals surface area contributed by atoms with Crippen molar-refractivity contribution in [2.45, 2.75) is 51.2 Å². The molecule has 6 nitrogen and oxygen atoms in total. The van der Waals surface area contributed by atoms with Crippen LogP contribution in [-0.4, -0.2) is 68.0 Å². The molecule has 0 saturated carbocycles. The zero-order valence-electron chi connectivity index (χ0n) is 17.4. The van der Waals surface area contributed by atoms with Crippen LogP contribution in [0.4, 0.5) is 13.2 Å². The molecule has 0 aliphatic carbocycles. The molecule has 1 atom stereocenters. The lowest BCUT2D eigenvalue weighted by Gasteiger charge is -2.28. The van der Waals surface area contributed by atoms with Gasteiger partial charge in [-0.3, -0.25) is 9.98 Å². The number of halogens is 3. The van der Waals surface area contributed by atoms with Gasteiger partial charge in [-0.2, -0.15) is 13.2 Å². The Bertz CT molecular complexity index is 674. The van der Waals surface area contributed by atoms with Gasteiger partial charge in [0.2, 0.25) is 0 Å². The summed E-state index contributed by atoms with van der Waals surface area (Å²) in [6, 6.07) is 0.146. The first-order chi connectivity index (χ1) is 13.8. The third-order valence-electron chi connectivity index (χ3n) is 4.18. The standard InChI is InChI=1S/C20H31F3N6/c1-4-5-11-18(27-15-29-13-8-9-16(24)14-29)28-19(26-3)17(25-2)10-6-7-12-20(21,22)23/h6-7,10,12,15-16H,4-5,8-9,11,13-14,24H2,1-3H3/b10-6+,12-7+,25-17?,26-19?,27-15?,28-18?/t16-/m1/s1. The van der Waals surface area contributed by atoms with Crippen molar-refractivity contribution < 1.29 is 13.2 Å². The molecule has 0 aromatic carbocycles. The summed E-state index contributed by atoms with van der Waals surface area (Å²) in [5.74, 6) is 0.926. The highest BCUT2D eigenvalue weighted by atomic mass is 19.4. The summed E-state index contributed by atoms with van der Waals surface area (Å²) in [5.41, 5.74) is 6.38. The minimum atomic E-state index is -4.35. The topological polar surface area (TPSA) is 78.7 Å². The van der Waals surface area contributed by atoms with Gasteiger partial charge in [0.25, 0.3) is 0 Å². The summed E-state index contributed by atoms with van der Waals surface area (Å²) in [5, 5.41) is 0. The van der Waals surface area contributed by atoms with E-state index in [1.54, 1.807) is 13.4 Å². The Balaban J connectivity index is 2.97. The summed E-state index contributed by atoms with van der Waals surface area (Å²) in [6.45, 7) is 3.74. The predicted molar refractivity (Wildman–Crippen MR) is 115 cm³/mol. The minimum Gasteiger partial charge on any atom is -0.361 e. The molecule has 2 N–H and O–H groups in total. The number of piperidine rings is 1. The number of rotatable bonds is 7. The number of hydrogen-bond acceptors (Lipinski definition) is 3. The molecule has 162 valence electrons. The van der Waals surface area contributed by atoms with Crippen LogP contribution >= 0.6 is 0 Å².